The fourth-order valence-corrected chi connectivity index (χ4v) is 3.38. The zero-order valence-corrected chi connectivity index (χ0v) is 17.3. The van der Waals surface area contributed by atoms with E-state index in [9.17, 15) is 5.11 Å². The first kappa shape index (κ1) is 19.8. The van der Waals surface area contributed by atoms with Crippen LogP contribution in [0.15, 0.2) is 48.8 Å². The Labute approximate surface area is 178 Å². The van der Waals surface area contributed by atoms with Gasteiger partial charge in [-0.2, -0.15) is 5.10 Å². The number of ether oxygens (including phenoxy) is 1. The first-order valence-electron chi connectivity index (χ1n) is 9.29. The molecule has 0 radical (unpaired) electrons. The van der Waals surface area contributed by atoms with E-state index in [0.717, 1.165) is 11.4 Å². The Morgan fingerprint density at radius 1 is 1.17 bits per heavy atom. The molecule has 0 aliphatic heterocycles. The number of hydrogen-bond acceptors (Lipinski definition) is 7. The highest BCUT2D eigenvalue weighted by Crippen LogP contribution is 2.34. The second kappa shape index (κ2) is 8.08. The zero-order chi connectivity index (χ0) is 21.3. The van der Waals surface area contributed by atoms with Gasteiger partial charge in [-0.25, -0.2) is 14.6 Å². The average Bonchev–Trinajstić information content (AvgIpc) is 3.14. The molecule has 0 atom stereocenters. The van der Waals surface area contributed by atoms with Crippen LogP contribution in [0.25, 0.3) is 22.3 Å². The predicted octanol–water partition coefficient (Wildman–Crippen LogP) is 3.58. The SMILES string of the molecule is COc1ccc(N(C)CCn2nc(-c3ccc(Cl)c(O)c3)c3c(N)ncnc32)cc1. The summed E-state index contributed by atoms with van der Waals surface area (Å²) in [6.45, 7) is 1.27. The number of rotatable bonds is 6. The first-order valence-corrected chi connectivity index (χ1v) is 9.67. The minimum absolute atomic E-state index is 0.0217. The Morgan fingerprint density at radius 2 is 1.93 bits per heavy atom. The number of nitrogen functional groups attached to an aromatic ring is 1. The van der Waals surface area contributed by atoms with Crippen LogP contribution < -0.4 is 15.4 Å². The van der Waals surface area contributed by atoms with E-state index in [2.05, 4.69) is 14.9 Å². The van der Waals surface area contributed by atoms with Crippen molar-refractivity contribution in [1.82, 2.24) is 19.7 Å². The third kappa shape index (κ3) is 3.69. The maximum absolute atomic E-state index is 10.0. The fourth-order valence-electron chi connectivity index (χ4n) is 3.26. The number of hydrogen-bond donors (Lipinski definition) is 2. The maximum atomic E-state index is 10.0. The van der Waals surface area contributed by atoms with Crippen LogP contribution >= 0.6 is 11.6 Å². The van der Waals surface area contributed by atoms with E-state index in [4.69, 9.17) is 27.2 Å². The number of methoxy groups -OCH3 is 1. The number of benzene rings is 2. The standard InChI is InChI=1S/C21H21ClN6O2/c1-27(14-4-6-15(30-2)7-5-14)9-10-28-21-18(20(23)24-12-25-21)19(26-28)13-3-8-16(22)17(29)11-13/h3-8,11-12,29H,9-10H2,1-2H3,(H2,23,24,25). The molecule has 30 heavy (non-hydrogen) atoms. The molecule has 0 spiro atoms. The summed E-state index contributed by atoms with van der Waals surface area (Å²) in [6, 6.07) is 12.8. The van der Waals surface area contributed by atoms with Crippen LogP contribution in [-0.2, 0) is 6.54 Å². The number of phenols is 1. The van der Waals surface area contributed by atoms with Gasteiger partial charge in [0.05, 0.1) is 24.1 Å². The highest BCUT2D eigenvalue weighted by molar-refractivity contribution is 6.32. The molecule has 0 saturated heterocycles. The molecule has 154 valence electrons. The number of aromatic nitrogens is 4. The van der Waals surface area contributed by atoms with Crippen molar-refractivity contribution in [2.24, 2.45) is 0 Å². The minimum Gasteiger partial charge on any atom is -0.506 e. The predicted molar refractivity (Wildman–Crippen MR) is 118 cm³/mol. The Bertz CT molecular complexity index is 1190. The number of aromatic hydroxyl groups is 1. The molecule has 4 aromatic rings. The quantitative estimate of drug-likeness (QED) is 0.487. The van der Waals surface area contributed by atoms with Gasteiger partial charge in [-0.1, -0.05) is 17.7 Å². The molecule has 3 N–H and O–H groups in total. The normalized spacial score (nSPS) is 11.0. The van der Waals surface area contributed by atoms with Crippen molar-refractivity contribution in [1.29, 1.82) is 0 Å². The molecule has 9 heteroatoms. The molecule has 0 bridgehead atoms. The van der Waals surface area contributed by atoms with Gasteiger partial charge in [-0.15, -0.1) is 0 Å². The molecule has 4 rings (SSSR count). The monoisotopic (exact) mass is 424 g/mol. The molecular weight excluding hydrogens is 404 g/mol. The van der Waals surface area contributed by atoms with Gasteiger partial charge in [0.15, 0.2) is 5.65 Å². The minimum atomic E-state index is -0.0217. The van der Waals surface area contributed by atoms with E-state index in [1.165, 1.54) is 6.33 Å². The van der Waals surface area contributed by atoms with Gasteiger partial charge in [0.2, 0.25) is 0 Å². The summed E-state index contributed by atoms with van der Waals surface area (Å²) in [5.41, 5.74) is 9.11. The summed E-state index contributed by atoms with van der Waals surface area (Å²) in [5, 5.41) is 15.6. The highest BCUT2D eigenvalue weighted by atomic mass is 35.5. The van der Waals surface area contributed by atoms with E-state index in [-0.39, 0.29) is 10.8 Å². The van der Waals surface area contributed by atoms with Crippen molar-refractivity contribution in [3.8, 4) is 22.8 Å². The molecule has 0 aliphatic carbocycles. The van der Waals surface area contributed by atoms with Gasteiger partial charge in [0.25, 0.3) is 0 Å². The topological polar surface area (TPSA) is 102 Å². The van der Waals surface area contributed by atoms with E-state index >= 15 is 0 Å². The van der Waals surface area contributed by atoms with Crippen LogP contribution in [0, 0.1) is 0 Å². The lowest BCUT2D eigenvalue weighted by Crippen LogP contribution is -2.23. The summed E-state index contributed by atoms with van der Waals surface area (Å²) in [4.78, 5) is 10.6. The number of anilines is 2. The second-order valence-electron chi connectivity index (χ2n) is 6.82. The highest BCUT2D eigenvalue weighted by Gasteiger charge is 2.18. The number of nitrogens with zero attached hydrogens (tertiary/aromatic N) is 5. The molecule has 0 saturated carbocycles. The lowest BCUT2D eigenvalue weighted by atomic mass is 10.1. The molecule has 0 aliphatic rings. The lowest BCUT2D eigenvalue weighted by molar-refractivity contribution is 0.415. The smallest absolute Gasteiger partial charge is 0.164 e. The van der Waals surface area contributed by atoms with E-state index < -0.39 is 0 Å². The van der Waals surface area contributed by atoms with E-state index in [1.807, 2.05) is 31.3 Å². The van der Waals surface area contributed by atoms with Crippen molar-refractivity contribution in [3.63, 3.8) is 0 Å². The third-order valence-corrected chi connectivity index (χ3v) is 5.26. The first-order chi connectivity index (χ1) is 14.5. The Balaban J connectivity index is 1.65. The van der Waals surface area contributed by atoms with Crippen LogP contribution in [-0.4, -0.2) is 45.6 Å². The molecule has 0 fully saturated rings. The maximum Gasteiger partial charge on any atom is 0.164 e. The molecular formula is C21H21ClN6O2. The van der Waals surface area contributed by atoms with Crippen molar-refractivity contribution in [2.75, 3.05) is 31.3 Å². The zero-order valence-electron chi connectivity index (χ0n) is 16.6. The molecule has 8 nitrogen and oxygen atoms in total. The number of fused-ring (bicyclic) bond motifs is 1. The molecule has 0 unspecified atom stereocenters. The summed E-state index contributed by atoms with van der Waals surface area (Å²) in [7, 11) is 3.65. The fraction of sp³-hybridized carbons (Fsp3) is 0.190. The van der Waals surface area contributed by atoms with Crippen LogP contribution in [0.5, 0.6) is 11.5 Å². The van der Waals surface area contributed by atoms with Crippen LogP contribution in [0.1, 0.15) is 0 Å². The summed E-state index contributed by atoms with van der Waals surface area (Å²) < 4.78 is 7.01. The summed E-state index contributed by atoms with van der Waals surface area (Å²) in [5.74, 6) is 1.12. The lowest BCUT2D eigenvalue weighted by Gasteiger charge is -2.19. The van der Waals surface area contributed by atoms with Crippen LogP contribution in [0.4, 0.5) is 11.5 Å². The number of nitrogens with two attached hydrogens (primary N) is 1. The number of phenolic OH excluding ortho intramolecular Hbond substituents is 1. The largest absolute Gasteiger partial charge is 0.506 e. The van der Waals surface area contributed by atoms with Crippen molar-refractivity contribution in [2.45, 2.75) is 6.54 Å². The second-order valence-corrected chi connectivity index (χ2v) is 7.22. The van der Waals surface area contributed by atoms with Gasteiger partial charge < -0.3 is 20.5 Å². The Morgan fingerprint density at radius 3 is 2.63 bits per heavy atom. The van der Waals surface area contributed by atoms with Crippen LogP contribution in [0.2, 0.25) is 5.02 Å². The van der Waals surface area contributed by atoms with Gasteiger partial charge in [-0.05, 0) is 36.4 Å². The van der Waals surface area contributed by atoms with Crippen LogP contribution in [0.3, 0.4) is 0 Å². The number of likely N-dealkylation sites (N-methyl/N-ethyl adjacent to an activating group) is 1. The molecule has 2 heterocycles. The Kier molecular flexibility index (Phi) is 5.33. The molecule has 2 aromatic carbocycles. The Hall–Kier alpha value is -3.52. The summed E-state index contributed by atoms with van der Waals surface area (Å²) in [6.07, 6.45) is 1.42. The third-order valence-electron chi connectivity index (χ3n) is 4.94. The molecule has 2 aromatic heterocycles. The van der Waals surface area contributed by atoms with Gasteiger partial charge >= 0.3 is 0 Å². The van der Waals surface area contributed by atoms with E-state index in [1.54, 1.807) is 30.0 Å². The average molecular weight is 425 g/mol. The van der Waals surface area contributed by atoms with Crippen molar-refractivity contribution >= 4 is 34.1 Å². The molecule has 0 amide bonds. The van der Waals surface area contributed by atoms with Crippen molar-refractivity contribution in [3.05, 3.63) is 53.8 Å². The van der Waals surface area contributed by atoms with Crippen molar-refractivity contribution < 1.29 is 9.84 Å². The van der Waals surface area contributed by atoms with Gasteiger partial charge in [0, 0.05) is 24.8 Å². The van der Waals surface area contributed by atoms with Gasteiger partial charge in [-0.3, -0.25) is 0 Å². The summed E-state index contributed by atoms with van der Waals surface area (Å²) >= 11 is 5.95. The number of halogens is 1. The van der Waals surface area contributed by atoms with E-state index in [0.29, 0.717) is 41.2 Å². The van der Waals surface area contributed by atoms with Gasteiger partial charge in [0.1, 0.15) is 29.3 Å².